The fourth-order valence-corrected chi connectivity index (χ4v) is 4.91. The quantitative estimate of drug-likeness (QED) is 0.192. The summed E-state index contributed by atoms with van der Waals surface area (Å²) in [5, 5.41) is 0.614. The predicted molar refractivity (Wildman–Crippen MR) is 159 cm³/mol. The Morgan fingerprint density at radius 1 is 0.902 bits per heavy atom. The number of anilines is 2. The minimum atomic E-state index is -0.516. The molecule has 4 aromatic rings. The topological polar surface area (TPSA) is 98.2 Å². The second-order valence-corrected chi connectivity index (χ2v) is 10.2. The lowest BCUT2D eigenvalue weighted by Gasteiger charge is -2.35. The van der Waals surface area contributed by atoms with Gasteiger partial charge >= 0.3 is 12.1 Å². The van der Waals surface area contributed by atoms with Crippen molar-refractivity contribution in [2.24, 2.45) is 0 Å². The monoisotopic (exact) mass is 573 g/mol. The van der Waals surface area contributed by atoms with E-state index in [2.05, 4.69) is 4.90 Å². The minimum absolute atomic E-state index is 0.163. The van der Waals surface area contributed by atoms with Crippen LogP contribution in [0.4, 0.5) is 16.2 Å². The molecule has 0 bridgehead atoms. The van der Waals surface area contributed by atoms with E-state index in [-0.39, 0.29) is 25.1 Å². The first-order valence-corrected chi connectivity index (χ1v) is 13.9. The van der Waals surface area contributed by atoms with Gasteiger partial charge in [0.1, 0.15) is 12.4 Å². The van der Waals surface area contributed by atoms with Crippen LogP contribution < -0.4 is 10.6 Å². The molecule has 1 amide bonds. The second kappa shape index (κ2) is 12.8. The maximum atomic E-state index is 12.7. The Morgan fingerprint density at radius 3 is 2.32 bits per heavy atom. The number of furan rings is 1. The summed E-state index contributed by atoms with van der Waals surface area (Å²) < 4.78 is 16.7. The van der Waals surface area contributed by atoms with Gasteiger partial charge < -0.3 is 29.4 Å². The van der Waals surface area contributed by atoms with Crippen molar-refractivity contribution in [3.63, 3.8) is 0 Å². The lowest BCUT2D eigenvalue weighted by atomic mass is 10.0. The third kappa shape index (κ3) is 6.84. The largest absolute Gasteiger partial charge is 0.460 e. The Morgan fingerprint density at radius 2 is 1.63 bits per heavy atom. The first-order chi connectivity index (χ1) is 19.9. The number of nitrogen functional groups attached to an aromatic ring is 1. The van der Waals surface area contributed by atoms with Crippen LogP contribution in [-0.2, 0) is 22.5 Å². The number of carbonyl (C=O) groups is 2. The molecule has 0 radical (unpaired) electrons. The van der Waals surface area contributed by atoms with Crippen molar-refractivity contribution in [1.82, 2.24) is 4.90 Å². The van der Waals surface area contributed by atoms with Crippen molar-refractivity contribution in [3.05, 3.63) is 106 Å². The number of halogens is 1. The minimum Gasteiger partial charge on any atom is -0.460 e. The number of hydrogen-bond donors (Lipinski definition) is 1. The number of piperazine rings is 1. The maximum absolute atomic E-state index is 12.7. The standard InChI is InChI=1S/C32H32ClN3O5/c1-2-39-31(37)30-25(19-29(41-30)23-8-11-26(33)12-9-23)18-24-10-13-27(20-28(24)34)35-14-16-36(17-15-35)32(38)40-21-22-6-4-3-5-7-22/h3-13,19-20H,2,14-18,21,34H2,1H3. The zero-order valence-electron chi connectivity index (χ0n) is 22.8. The number of nitrogens with zero attached hydrogens (tertiary/aromatic N) is 2. The van der Waals surface area contributed by atoms with E-state index in [9.17, 15) is 9.59 Å². The summed E-state index contributed by atoms with van der Waals surface area (Å²) in [7, 11) is 0. The van der Waals surface area contributed by atoms with E-state index < -0.39 is 5.97 Å². The summed E-state index contributed by atoms with van der Waals surface area (Å²) in [6, 6.07) is 24.6. The molecule has 5 rings (SSSR count). The van der Waals surface area contributed by atoms with Crippen molar-refractivity contribution in [2.75, 3.05) is 43.4 Å². The second-order valence-electron chi connectivity index (χ2n) is 9.77. The van der Waals surface area contributed by atoms with Gasteiger partial charge in [-0.25, -0.2) is 9.59 Å². The summed E-state index contributed by atoms with van der Waals surface area (Å²) in [6.07, 6.45) is 0.0946. The van der Waals surface area contributed by atoms with Gasteiger partial charge in [0.25, 0.3) is 0 Å². The number of carbonyl (C=O) groups excluding carboxylic acids is 2. The molecule has 0 aliphatic carbocycles. The normalized spacial score (nSPS) is 13.2. The van der Waals surface area contributed by atoms with Crippen LogP contribution >= 0.6 is 11.6 Å². The third-order valence-electron chi connectivity index (χ3n) is 7.02. The van der Waals surface area contributed by atoms with Crippen molar-refractivity contribution >= 4 is 35.0 Å². The molecule has 1 fully saturated rings. The fourth-order valence-electron chi connectivity index (χ4n) is 4.79. The molecule has 0 atom stereocenters. The molecule has 41 heavy (non-hydrogen) atoms. The number of nitrogens with two attached hydrogens (primary N) is 1. The summed E-state index contributed by atoms with van der Waals surface area (Å²) >= 11 is 6.03. The zero-order chi connectivity index (χ0) is 28.8. The van der Waals surface area contributed by atoms with E-state index in [0.717, 1.165) is 22.4 Å². The summed E-state index contributed by atoms with van der Waals surface area (Å²) in [5.41, 5.74) is 11.4. The Hall–Kier alpha value is -4.43. The summed E-state index contributed by atoms with van der Waals surface area (Å²) in [4.78, 5) is 29.1. The number of hydrogen-bond acceptors (Lipinski definition) is 7. The molecule has 0 unspecified atom stereocenters. The van der Waals surface area contributed by atoms with Gasteiger partial charge in [-0.15, -0.1) is 0 Å². The Kier molecular flexibility index (Phi) is 8.79. The molecule has 1 aromatic heterocycles. The molecule has 9 heteroatoms. The Labute approximate surface area is 244 Å². The number of esters is 1. The molecule has 2 heterocycles. The molecular formula is C32H32ClN3O5. The number of amides is 1. The fraction of sp³-hybridized carbons (Fsp3) is 0.250. The van der Waals surface area contributed by atoms with E-state index >= 15 is 0 Å². The molecule has 1 aliphatic heterocycles. The maximum Gasteiger partial charge on any atom is 0.410 e. The van der Waals surface area contributed by atoms with E-state index in [0.29, 0.717) is 54.6 Å². The summed E-state index contributed by atoms with van der Waals surface area (Å²) in [6.45, 7) is 4.70. The van der Waals surface area contributed by atoms with Crippen LogP contribution in [0.3, 0.4) is 0 Å². The number of benzene rings is 3. The van der Waals surface area contributed by atoms with Crippen molar-refractivity contribution in [2.45, 2.75) is 20.0 Å². The lowest BCUT2D eigenvalue weighted by Crippen LogP contribution is -2.49. The van der Waals surface area contributed by atoms with E-state index in [1.807, 2.05) is 66.7 Å². The van der Waals surface area contributed by atoms with Crippen LogP contribution in [0.15, 0.2) is 83.3 Å². The Balaban J connectivity index is 1.24. The van der Waals surface area contributed by atoms with E-state index in [1.165, 1.54) is 0 Å². The molecule has 2 N–H and O–H groups in total. The first kappa shape index (κ1) is 28.1. The molecule has 0 spiro atoms. The van der Waals surface area contributed by atoms with Gasteiger partial charge in [0.2, 0.25) is 5.76 Å². The van der Waals surface area contributed by atoms with Gasteiger partial charge in [-0.1, -0.05) is 48.0 Å². The number of ether oxygens (including phenoxy) is 2. The van der Waals surface area contributed by atoms with Crippen LogP contribution in [0.1, 0.15) is 34.2 Å². The molecular weight excluding hydrogens is 542 g/mol. The predicted octanol–water partition coefficient (Wildman–Crippen LogP) is 6.41. The van der Waals surface area contributed by atoms with Crippen LogP contribution in [0.2, 0.25) is 5.02 Å². The average molecular weight is 574 g/mol. The smallest absolute Gasteiger partial charge is 0.410 e. The van der Waals surface area contributed by atoms with Crippen LogP contribution in [0.25, 0.3) is 11.3 Å². The number of rotatable bonds is 8. The highest BCUT2D eigenvalue weighted by Gasteiger charge is 2.24. The van der Waals surface area contributed by atoms with Gasteiger partial charge in [-0.05, 0) is 60.5 Å². The van der Waals surface area contributed by atoms with Crippen molar-refractivity contribution in [1.29, 1.82) is 0 Å². The highest BCUT2D eigenvalue weighted by Crippen LogP contribution is 2.31. The summed E-state index contributed by atoms with van der Waals surface area (Å²) in [5.74, 6) is 0.198. The van der Waals surface area contributed by atoms with Gasteiger partial charge in [0.05, 0.1) is 6.61 Å². The molecule has 212 valence electrons. The van der Waals surface area contributed by atoms with Crippen LogP contribution in [0, 0.1) is 0 Å². The zero-order valence-corrected chi connectivity index (χ0v) is 23.6. The third-order valence-corrected chi connectivity index (χ3v) is 7.27. The molecule has 8 nitrogen and oxygen atoms in total. The average Bonchev–Trinajstić information content (AvgIpc) is 3.42. The molecule has 0 saturated carbocycles. The molecule has 1 aliphatic rings. The van der Waals surface area contributed by atoms with Gasteiger partial charge in [0, 0.05) is 60.1 Å². The molecule has 1 saturated heterocycles. The van der Waals surface area contributed by atoms with E-state index in [4.69, 9.17) is 31.2 Å². The van der Waals surface area contributed by atoms with Crippen LogP contribution in [-0.4, -0.2) is 49.7 Å². The first-order valence-electron chi connectivity index (χ1n) is 13.6. The van der Waals surface area contributed by atoms with Gasteiger partial charge in [-0.2, -0.15) is 0 Å². The Bertz CT molecular complexity index is 1500. The molecule has 3 aromatic carbocycles. The van der Waals surface area contributed by atoms with E-state index in [1.54, 1.807) is 24.0 Å². The van der Waals surface area contributed by atoms with Crippen LogP contribution in [0.5, 0.6) is 0 Å². The SMILES string of the molecule is CCOC(=O)c1oc(-c2ccc(Cl)cc2)cc1Cc1ccc(N2CCN(C(=O)OCc3ccccc3)CC2)cc1N. The lowest BCUT2D eigenvalue weighted by molar-refractivity contribution is 0.0489. The van der Waals surface area contributed by atoms with Crippen molar-refractivity contribution in [3.8, 4) is 11.3 Å². The highest BCUT2D eigenvalue weighted by molar-refractivity contribution is 6.30. The van der Waals surface area contributed by atoms with Gasteiger partial charge in [0.15, 0.2) is 0 Å². The highest BCUT2D eigenvalue weighted by atomic mass is 35.5. The van der Waals surface area contributed by atoms with Crippen molar-refractivity contribution < 1.29 is 23.5 Å². The van der Waals surface area contributed by atoms with Gasteiger partial charge in [-0.3, -0.25) is 0 Å².